The Balaban J connectivity index is 3.22. The van der Waals surface area contributed by atoms with Crippen LogP contribution in [0.25, 0.3) is 0 Å². The molecule has 0 aliphatic rings. The van der Waals surface area contributed by atoms with Crippen LogP contribution in [0.5, 0.6) is 11.5 Å². The van der Waals surface area contributed by atoms with E-state index in [1.165, 1.54) is 0 Å². The van der Waals surface area contributed by atoms with E-state index in [1.807, 2.05) is 6.92 Å². The summed E-state index contributed by atoms with van der Waals surface area (Å²) in [5.41, 5.74) is 1.38. The quantitative estimate of drug-likeness (QED) is 0.540. The molecule has 2 nitrogen and oxygen atoms in total. The molecule has 0 radical (unpaired) electrons. The Morgan fingerprint density at radius 3 is 2.46 bits per heavy atom. The molecule has 2 N–H and O–H groups in total. The molecule has 1 aromatic carbocycles. The lowest BCUT2D eigenvalue weighted by Gasteiger charge is -2.10. The van der Waals surface area contributed by atoms with Crippen molar-refractivity contribution in [2.75, 3.05) is 0 Å². The predicted octanol–water partition coefficient (Wildman–Crippen LogP) is 2.70. The van der Waals surface area contributed by atoms with E-state index in [0.717, 1.165) is 0 Å². The molecule has 70 valence electrons. The Bertz CT molecular complexity index is 329. The second-order valence-electron chi connectivity index (χ2n) is 3.22. The van der Waals surface area contributed by atoms with Gasteiger partial charge in [0.25, 0.3) is 0 Å². The molecule has 0 saturated carbocycles. The lowest BCUT2D eigenvalue weighted by atomic mass is 9.98. The first-order valence-electron chi connectivity index (χ1n) is 4.21. The molecule has 0 heterocycles. The molecule has 13 heavy (non-hydrogen) atoms. The summed E-state index contributed by atoms with van der Waals surface area (Å²) < 4.78 is 0. The van der Waals surface area contributed by atoms with Crippen LogP contribution in [-0.2, 0) is 0 Å². The number of phenolic OH excluding ortho intramolecular Hbond substituents is 2. The molecule has 0 saturated heterocycles. The summed E-state index contributed by atoms with van der Waals surface area (Å²) in [5.74, 6) is 0.468. The van der Waals surface area contributed by atoms with Crippen LogP contribution in [-0.4, -0.2) is 10.2 Å². The standard InChI is InChI=1S/C11H14O2/c1-4-7(2)9-6-10(12)8(3)5-11(9)13/h4-7,12-13H,1H2,2-3H3. The third-order valence-electron chi connectivity index (χ3n) is 2.19. The number of hydrogen-bond donors (Lipinski definition) is 2. The van der Waals surface area contributed by atoms with Gasteiger partial charge < -0.3 is 10.2 Å². The van der Waals surface area contributed by atoms with Gasteiger partial charge in [0.05, 0.1) is 0 Å². The normalized spacial score (nSPS) is 12.5. The topological polar surface area (TPSA) is 40.5 Å². The van der Waals surface area contributed by atoms with Gasteiger partial charge in [-0.1, -0.05) is 13.0 Å². The minimum absolute atomic E-state index is 0.0477. The highest BCUT2D eigenvalue weighted by Gasteiger charge is 2.09. The molecule has 0 fully saturated rings. The fourth-order valence-corrected chi connectivity index (χ4v) is 1.19. The van der Waals surface area contributed by atoms with E-state index in [1.54, 1.807) is 25.1 Å². The summed E-state index contributed by atoms with van der Waals surface area (Å²) in [6.45, 7) is 7.30. The highest BCUT2D eigenvalue weighted by Crippen LogP contribution is 2.32. The number of benzene rings is 1. The highest BCUT2D eigenvalue weighted by molar-refractivity contribution is 5.46. The number of aryl methyl sites for hydroxylation is 1. The Kier molecular flexibility index (Phi) is 2.61. The van der Waals surface area contributed by atoms with Gasteiger partial charge in [-0.25, -0.2) is 0 Å². The maximum Gasteiger partial charge on any atom is 0.119 e. The highest BCUT2D eigenvalue weighted by atomic mass is 16.3. The van der Waals surface area contributed by atoms with Gasteiger partial charge in [0.1, 0.15) is 11.5 Å². The average molecular weight is 178 g/mol. The molecular formula is C11H14O2. The van der Waals surface area contributed by atoms with Crippen molar-refractivity contribution < 1.29 is 10.2 Å². The van der Waals surface area contributed by atoms with Crippen LogP contribution in [0.2, 0.25) is 0 Å². The van der Waals surface area contributed by atoms with Crippen molar-refractivity contribution in [2.24, 2.45) is 0 Å². The number of aromatic hydroxyl groups is 2. The van der Waals surface area contributed by atoms with E-state index in [-0.39, 0.29) is 17.4 Å². The van der Waals surface area contributed by atoms with Gasteiger partial charge in [0.2, 0.25) is 0 Å². The number of phenols is 2. The molecule has 0 aromatic heterocycles. The van der Waals surface area contributed by atoms with Gasteiger partial charge in [-0.15, -0.1) is 6.58 Å². The largest absolute Gasteiger partial charge is 0.508 e. The first-order valence-corrected chi connectivity index (χ1v) is 4.21. The number of hydrogen-bond acceptors (Lipinski definition) is 2. The fourth-order valence-electron chi connectivity index (χ4n) is 1.19. The second-order valence-corrected chi connectivity index (χ2v) is 3.22. The smallest absolute Gasteiger partial charge is 0.119 e. The monoisotopic (exact) mass is 178 g/mol. The lowest BCUT2D eigenvalue weighted by molar-refractivity contribution is 0.450. The summed E-state index contributed by atoms with van der Waals surface area (Å²) in [5, 5.41) is 19.0. The van der Waals surface area contributed by atoms with Crippen LogP contribution in [0.4, 0.5) is 0 Å². The van der Waals surface area contributed by atoms with Crippen molar-refractivity contribution in [3.8, 4) is 11.5 Å². The summed E-state index contributed by atoms with van der Waals surface area (Å²) in [7, 11) is 0. The van der Waals surface area contributed by atoms with Gasteiger partial charge in [0, 0.05) is 11.5 Å². The van der Waals surface area contributed by atoms with E-state index in [9.17, 15) is 10.2 Å². The summed E-state index contributed by atoms with van der Waals surface area (Å²) in [6, 6.07) is 3.14. The molecule has 1 unspecified atom stereocenters. The van der Waals surface area contributed by atoms with E-state index < -0.39 is 0 Å². The first kappa shape index (κ1) is 9.65. The van der Waals surface area contributed by atoms with Crippen LogP contribution in [0, 0.1) is 6.92 Å². The summed E-state index contributed by atoms with van der Waals surface area (Å²) in [6.07, 6.45) is 1.73. The van der Waals surface area contributed by atoms with Crippen LogP contribution in [0.3, 0.4) is 0 Å². The third kappa shape index (κ3) is 1.83. The van der Waals surface area contributed by atoms with E-state index in [4.69, 9.17) is 0 Å². The van der Waals surface area contributed by atoms with Gasteiger partial charge in [-0.2, -0.15) is 0 Å². The second kappa shape index (κ2) is 3.52. The third-order valence-corrected chi connectivity index (χ3v) is 2.19. The van der Waals surface area contributed by atoms with E-state index in [2.05, 4.69) is 6.58 Å². The molecular weight excluding hydrogens is 164 g/mol. The molecule has 2 heteroatoms. The zero-order valence-electron chi connectivity index (χ0n) is 7.91. The minimum atomic E-state index is 0.0477. The molecule has 0 amide bonds. The molecule has 0 spiro atoms. The van der Waals surface area contributed by atoms with Gasteiger partial charge >= 0.3 is 0 Å². The maximum atomic E-state index is 9.56. The van der Waals surface area contributed by atoms with Gasteiger partial charge in [-0.3, -0.25) is 0 Å². The molecule has 1 atom stereocenters. The molecule has 0 bridgehead atoms. The van der Waals surface area contributed by atoms with Crippen molar-refractivity contribution in [2.45, 2.75) is 19.8 Å². The van der Waals surface area contributed by atoms with Crippen LogP contribution in [0.1, 0.15) is 24.0 Å². The fraction of sp³-hybridized carbons (Fsp3) is 0.273. The van der Waals surface area contributed by atoms with E-state index in [0.29, 0.717) is 11.1 Å². The zero-order valence-corrected chi connectivity index (χ0v) is 7.91. The molecule has 1 rings (SSSR count). The van der Waals surface area contributed by atoms with Gasteiger partial charge in [0.15, 0.2) is 0 Å². The average Bonchev–Trinajstić information content (AvgIpc) is 2.10. The van der Waals surface area contributed by atoms with Crippen LogP contribution in [0.15, 0.2) is 24.8 Å². The maximum absolute atomic E-state index is 9.56. The predicted molar refractivity (Wildman–Crippen MR) is 53.1 cm³/mol. The Hall–Kier alpha value is -1.44. The Morgan fingerprint density at radius 2 is 1.92 bits per heavy atom. The Labute approximate surface area is 78.2 Å². The minimum Gasteiger partial charge on any atom is -0.508 e. The summed E-state index contributed by atoms with van der Waals surface area (Å²) >= 11 is 0. The van der Waals surface area contributed by atoms with Gasteiger partial charge in [-0.05, 0) is 24.6 Å². The van der Waals surface area contributed by atoms with E-state index >= 15 is 0 Å². The number of rotatable bonds is 2. The molecule has 1 aromatic rings. The van der Waals surface area contributed by atoms with Crippen molar-refractivity contribution in [1.82, 2.24) is 0 Å². The van der Waals surface area contributed by atoms with Crippen molar-refractivity contribution in [3.05, 3.63) is 35.9 Å². The van der Waals surface area contributed by atoms with Crippen LogP contribution < -0.4 is 0 Å². The molecule has 0 aliphatic heterocycles. The SMILES string of the molecule is C=CC(C)c1cc(O)c(C)cc1O. The first-order chi connectivity index (χ1) is 6.06. The van der Waals surface area contributed by atoms with Crippen LogP contribution >= 0.6 is 0 Å². The van der Waals surface area contributed by atoms with Crippen molar-refractivity contribution in [1.29, 1.82) is 0 Å². The zero-order chi connectivity index (χ0) is 10.0. The van der Waals surface area contributed by atoms with Crippen molar-refractivity contribution in [3.63, 3.8) is 0 Å². The lowest BCUT2D eigenvalue weighted by Crippen LogP contribution is -1.90. The van der Waals surface area contributed by atoms with Crippen molar-refractivity contribution >= 4 is 0 Å². The summed E-state index contributed by atoms with van der Waals surface area (Å²) in [4.78, 5) is 0. The Morgan fingerprint density at radius 1 is 1.31 bits per heavy atom. The number of allylic oxidation sites excluding steroid dienone is 1. The molecule has 0 aliphatic carbocycles.